The predicted molar refractivity (Wildman–Crippen MR) is 86.4 cm³/mol. The topological polar surface area (TPSA) is 58.9 Å². The molecule has 0 unspecified atom stereocenters. The molecule has 0 saturated carbocycles. The van der Waals surface area contributed by atoms with E-state index in [1.54, 1.807) is 0 Å². The SMILES string of the molecule is CC1(C)CCC(O)=C(C=Nc2ccc(I)cc2)C(=O)O1. The molecule has 106 valence electrons. The van der Waals surface area contributed by atoms with Crippen molar-refractivity contribution in [2.45, 2.75) is 32.3 Å². The van der Waals surface area contributed by atoms with Crippen LogP contribution in [0.25, 0.3) is 0 Å². The summed E-state index contributed by atoms with van der Waals surface area (Å²) in [5.74, 6) is -0.492. The number of ether oxygens (including phenoxy) is 1. The van der Waals surface area contributed by atoms with Gasteiger partial charge in [0.25, 0.3) is 0 Å². The third kappa shape index (κ3) is 3.82. The molecule has 2 rings (SSSR count). The van der Waals surface area contributed by atoms with E-state index in [0.29, 0.717) is 12.8 Å². The molecule has 1 aliphatic heterocycles. The fraction of sp³-hybridized carbons (Fsp3) is 0.333. The molecule has 1 heterocycles. The number of rotatable bonds is 2. The lowest BCUT2D eigenvalue weighted by Gasteiger charge is -2.22. The van der Waals surface area contributed by atoms with E-state index in [1.165, 1.54) is 6.21 Å². The Kier molecular flexibility index (Phi) is 4.47. The van der Waals surface area contributed by atoms with Gasteiger partial charge in [-0.15, -0.1) is 0 Å². The molecule has 0 aliphatic carbocycles. The van der Waals surface area contributed by atoms with Crippen molar-refractivity contribution < 1.29 is 14.6 Å². The monoisotopic (exact) mass is 385 g/mol. The third-order valence-electron chi connectivity index (χ3n) is 3.03. The number of nitrogens with zero attached hydrogens (tertiary/aromatic N) is 1. The van der Waals surface area contributed by atoms with Gasteiger partial charge in [0.15, 0.2) is 0 Å². The summed E-state index contributed by atoms with van der Waals surface area (Å²) in [6.07, 6.45) is 2.37. The van der Waals surface area contributed by atoms with E-state index in [-0.39, 0.29) is 11.3 Å². The Morgan fingerprint density at radius 3 is 2.65 bits per heavy atom. The fourth-order valence-corrected chi connectivity index (χ4v) is 2.18. The second-order valence-corrected chi connectivity index (χ2v) is 6.49. The molecule has 0 fully saturated rings. The predicted octanol–water partition coefficient (Wildman–Crippen LogP) is 3.92. The lowest BCUT2D eigenvalue weighted by Crippen LogP contribution is -2.26. The van der Waals surface area contributed by atoms with Crippen LogP contribution in [0.3, 0.4) is 0 Å². The van der Waals surface area contributed by atoms with Crippen molar-refractivity contribution in [3.05, 3.63) is 39.2 Å². The molecular weight excluding hydrogens is 369 g/mol. The summed E-state index contributed by atoms with van der Waals surface area (Å²) >= 11 is 2.21. The minimum Gasteiger partial charge on any atom is -0.511 e. The molecule has 4 nitrogen and oxygen atoms in total. The molecular formula is C15H16INO3. The summed E-state index contributed by atoms with van der Waals surface area (Å²) in [4.78, 5) is 16.2. The van der Waals surface area contributed by atoms with E-state index in [2.05, 4.69) is 27.6 Å². The molecule has 0 saturated heterocycles. The van der Waals surface area contributed by atoms with E-state index < -0.39 is 11.6 Å². The van der Waals surface area contributed by atoms with E-state index in [4.69, 9.17) is 4.74 Å². The van der Waals surface area contributed by atoms with Crippen LogP contribution in [-0.2, 0) is 9.53 Å². The van der Waals surface area contributed by atoms with Gasteiger partial charge in [-0.25, -0.2) is 4.79 Å². The number of benzene rings is 1. The van der Waals surface area contributed by atoms with E-state index in [9.17, 15) is 9.90 Å². The quantitative estimate of drug-likeness (QED) is 0.477. The van der Waals surface area contributed by atoms with Gasteiger partial charge < -0.3 is 9.84 Å². The van der Waals surface area contributed by atoms with E-state index >= 15 is 0 Å². The van der Waals surface area contributed by atoms with Gasteiger partial charge in [0.2, 0.25) is 0 Å². The second-order valence-electron chi connectivity index (χ2n) is 5.24. The number of carbonyl (C=O) groups excluding carboxylic acids is 1. The summed E-state index contributed by atoms with van der Waals surface area (Å²) in [6.45, 7) is 3.66. The first-order valence-electron chi connectivity index (χ1n) is 6.32. The largest absolute Gasteiger partial charge is 0.511 e. The number of aliphatic imine (C=N–C) groups is 1. The van der Waals surface area contributed by atoms with Crippen LogP contribution < -0.4 is 0 Å². The summed E-state index contributed by atoms with van der Waals surface area (Å²) in [7, 11) is 0. The summed E-state index contributed by atoms with van der Waals surface area (Å²) in [6, 6.07) is 7.55. The Bertz CT molecular complexity index is 573. The number of esters is 1. The van der Waals surface area contributed by atoms with Gasteiger partial charge in [-0.2, -0.15) is 0 Å². The van der Waals surface area contributed by atoms with Crippen molar-refractivity contribution >= 4 is 40.5 Å². The zero-order valence-corrected chi connectivity index (χ0v) is 13.5. The molecule has 5 heteroatoms. The number of allylic oxidation sites excluding steroid dienone is 1. The third-order valence-corrected chi connectivity index (χ3v) is 3.75. The van der Waals surface area contributed by atoms with Crippen molar-refractivity contribution in [1.82, 2.24) is 0 Å². The van der Waals surface area contributed by atoms with Crippen LogP contribution in [0, 0.1) is 3.57 Å². The molecule has 1 aromatic rings. The van der Waals surface area contributed by atoms with Crippen molar-refractivity contribution in [3.63, 3.8) is 0 Å². The highest BCUT2D eigenvalue weighted by atomic mass is 127. The highest BCUT2D eigenvalue weighted by molar-refractivity contribution is 14.1. The Morgan fingerprint density at radius 2 is 2.00 bits per heavy atom. The van der Waals surface area contributed by atoms with Gasteiger partial charge in [-0.05, 0) is 67.1 Å². The minimum absolute atomic E-state index is 0.0369. The maximum Gasteiger partial charge on any atom is 0.343 e. The number of hydrogen-bond donors (Lipinski definition) is 1. The van der Waals surface area contributed by atoms with Crippen LogP contribution in [0.1, 0.15) is 26.7 Å². The lowest BCUT2D eigenvalue weighted by atomic mass is 10.0. The number of aliphatic hydroxyl groups is 1. The lowest BCUT2D eigenvalue weighted by molar-refractivity contribution is -0.150. The van der Waals surface area contributed by atoms with Gasteiger partial charge in [0.05, 0.1) is 5.69 Å². The number of halogens is 1. The normalized spacial score (nSPS) is 19.1. The average molecular weight is 385 g/mol. The second kappa shape index (κ2) is 5.95. The smallest absolute Gasteiger partial charge is 0.343 e. The molecule has 1 aromatic carbocycles. The Balaban J connectivity index is 2.22. The zero-order chi connectivity index (χ0) is 14.8. The first-order valence-corrected chi connectivity index (χ1v) is 7.40. The van der Waals surface area contributed by atoms with Gasteiger partial charge in [-0.1, -0.05) is 0 Å². The van der Waals surface area contributed by atoms with Crippen molar-refractivity contribution in [2.75, 3.05) is 0 Å². The van der Waals surface area contributed by atoms with Crippen LogP contribution in [0.15, 0.2) is 40.6 Å². The molecule has 0 radical (unpaired) electrons. The minimum atomic E-state index is -0.566. The zero-order valence-electron chi connectivity index (χ0n) is 11.4. The van der Waals surface area contributed by atoms with Gasteiger partial charge in [0.1, 0.15) is 16.9 Å². The van der Waals surface area contributed by atoms with Crippen molar-refractivity contribution in [2.24, 2.45) is 4.99 Å². The number of aliphatic hydroxyl groups excluding tert-OH is 1. The van der Waals surface area contributed by atoms with Crippen LogP contribution in [0.4, 0.5) is 5.69 Å². The van der Waals surface area contributed by atoms with Gasteiger partial charge >= 0.3 is 5.97 Å². The highest BCUT2D eigenvalue weighted by Crippen LogP contribution is 2.26. The van der Waals surface area contributed by atoms with Crippen LogP contribution in [-0.4, -0.2) is 22.9 Å². The fourth-order valence-electron chi connectivity index (χ4n) is 1.82. The van der Waals surface area contributed by atoms with Crippen molar-refractivity contribution in [1.29, 1.82) is 0 Å². The van der Waals surface area contributed by atoms with Gasteiger partial charge in [-0.3, -0.25) is 4.99 Å². The van der Waals surface area contributed by atoms with Gasteiger partial charge in [0, 0.05) is 16.2 Å². The summed E-state index contributed by atoms with van der Waals surface area (Å²) in [5.41, 5.74) is 0.292. The van der Waals surface area contributed by atoms with Crippen LogP contribution >= 0.6 is 22.6 Å². The number of carbonyl (C=O) groups is 1. The highest BCUT2D eigenvalue weighted by Gasteiger charge is 2.30. The van der Waals surface area contributed by atoms with Crippen LogP contribution in [0.2, 0.25) is 0 Å². The van der Waals surface area contributed by atoms with E-state index in [0.717, 1.165) is 9.26 Å². The molecule has 20 heavy (non-hydrogen) atoms. The Morgan fingerprint density at radius 1 is 1.35 bits per heavy atom. The number of hydrogen-bond acceptors (Lipinski definition) is 4. The maximum atomic E-state index is 12.0. The molecule has 0 spiro atoms. The van der Waals surface area contributed by atoms with E-state index in [1.807, 2.05) is 38.1 Å². The van der Waals surface area contributed by atoms with Crippen molar-refractivity contribution in [3.8, 4) is 0 Å². The standard InChI is InChI=1S/C15H16INO3/c1-15(2)8-7-13(18)12(14(19)20-15)9-17-11-5-3-10(16)4-6-11/h3-6,9,18H,7-8H2,1-2H3. The average Bonchev–Trinajstić information content (AvgIpc) is 2.47. The molecule has 1 N–H and O–H groups in total. The molecule has 0 atom stereocenters. The Hall–Kier alpha value is -1.37. The summed E-state index contributed by atoms with van der Waals surface area (Å²) in [5, 5.41) is 9.96. The first-order chi connectivity index (χ1) is 9.37. The Labute approximate surface area is 131 Å². The number of cyclic esters (lactones) is 1. The maximum absolute atomic E-state index is 12.0. The molecule has 0 amide bonds. The molecule has 1 aliphatic rings. The molecule has 0 bridgehead atoms. The summed E-state index contributed by atoms with van der Waals surface area (Å²) < 4.78 is 6.45. The molecule has 0 aromatic heterocycles. The first kappa shape index (κ1) is 15.0. The van der Waals surface area contributed by atoms with Crippen LogP contribution in [0.5, 0.6) is 0 Å².